The van der Waals surface area contributed by atoms with Crippen molar-refractivity contribution < 1.29 is 4.79 Å². The lowest BCUT2D eigenvalue weighted by molar-refractivity contribution is 0.0827. The lowest BCUT2D eigenvalue weighted by Gasteiger charge is -2.38. The first-order chi connectivity index (χ1) is 18.3. The highest BCUT2D eigenvalue weighted by molar-refractivity contribution is 5.95. The molecule has 0 radical (unpaired) electrons. The van der Waals surface area contributed by atoms with E-state index in [4.69, 9.17) is 5.73 Å². The molecule has 0 spiro atoms. The normalized spacial score (nSPS) is 17.9. The molecule has 4 aromatic rings. The van der Waals surface area contributed by atoms with E-state index in [1.54, 1.807) is 31.3 Å². The molecule has 1 fully saturated rings. The zero-order chi connectivity index (χ0) is 27.0. The van der Waals surface area contributed by atoms with Gasteiger partial charge in [-0.2, -0.15) is 5.26 Å². The molecule has 1 aromatic carbocycles. The van der Waals surface area contributed by atoms with Crippen LogP contribution in [0.5, 0.6) is 0 Å². The fourth-order valence-electron chi connectivity index (χ4n) is 5.56. The van der Waals surface area contributed by atoms with E-state index in [-0.39, 0.29) is 5.91 Å². The van der Waals surface area contributed by atoms with E-state index in [1.165, 1.54) is 11.3 Å². The first-order valence-electron chi connectivity index (χ1n) is 12.9. The number of likely N-dealkylation sites (tertiary alicyclic amines) is 1. The number of nitrogen functional groups attached to an aromatic ring is 1. The largest absolute Gasteiger partial charge is 0.384 e. The summed E-state index contributed by atoms with van der Waals surface area (Å²) in [6.45, 7) is 4.11. The van der Waals surface area contributed by atoms with Gasteiger partial charge in [0.2, 0.25) is 0 Å². The summed E-state index contributed by atoms with van der Waals surface area (Å²) in [5, 5.41) is 10.6. The third-order valence-electron chi connectivity index (χ3n) is 7.76. The van der Waals surface area contributed by atoms with Crippen LogP contribution >= 0.6 is 0 Å². The number of fused-ring (bicyclic) bond motifs is 1. The van der Waals surface area contributed by atoms with Gasteiger partial charge in [0.05, 0.1) is 0 Å². The smallest absolute Gasteiger partial charge is 0.253 e. The van der Waals surface area contributed by atoms with Gasteiger partial charge in [-0.1, -0.05) is 12.1 Å². The Hall–Kier alpha value is -4.22. The van der Waals surface area contributed by atoms with Crippen LogP contribution in [0.1, 0.15) is 53.0 Å². The summed E-state index contributed by atoms with van der Waals surface area (Å²) >= 11 is 0. The SMILES string of the molecule is C[C@H]1C[C@@H](c2ccc(C(=O)N(C)C)cc2)CCN1Cc1cc2c(-c3ccc(N)nc3C#N)ccnc2n1C. The van der Waals surface area contributed by atoms with Gasteiger partial charge in [0.1, 0.15) is 17.5 Å². The molecule has 194 valence electrons. The summed E-state index contributed by atoms with van der Waals surface area (Å²) < 4.78 is 2.15. The number of nitrogens with zero attached hydrogens (tertiary/aromatic N) is 6. The number of benzene rings is 1. The number of pyridine rings is 2. The minimum absolute atomic E-state index is 0.0313. The number of hydrogen-bond acceptors (Lipinski definition) is 6. The van der Waals surface area contributed by atoms with Crippen molar-refractivity contribution in [3.05, 3.63) is 77.2 Å². The molecule has 0 aliphatic carbocycles. The Balaban J connectivity index is 1.35. The second kappa shape index (κ2) is 10.3. The molecule has 3 aromatic heterocycles. The van der Waals surface area contributed by atoms with Gasteiger partial charge in [-0.15, -0.1) is 0 Å². The van der Waals surface area contributed by atoms with Gasteiger partial charge >= 0.3 is 0 Å². The lowest BCUT2D eigenvalue weighted by atomic mass is 9.85. The Morgan fingerprint density at radius 1 is 1.16 bits per heavy atom. The number of carbonyl (C=O) groups excluding carboxylic acids is 1. The maximum atomic E-state index is 12.2. The van der Waals surface area contributed by atoms with Crippen molar-refractivity contribution in [3.8, 4) is 17.2 Å². The van der Waals surface area contributed by atoms with Crippen molar-refractivity contribution in [2.24, 2.45) is 7.05 Å². The molecule has 0 saturated carbocycles. The van der Waals surface area contributed by atoms with E-state index in [2.05, 4.69) is 57.7 Å². The second-order valence-electron chi connectivity index (χ2n) is 10.4. The monoisotopic (exact) mass is 507 g/mol. The first-order valence-corrected chi connectivity index (χ1v) is 12.9. The molecule has 4 heterocycles. The molecule has 1 aliphatic rings. The van der Waals surface area contributed by atoms with Crippen LogP contribution in [0.4, 0.5) is 5.82 Å². The summed E-state index contributed by atoms with van der Waals surface area (Å²) in [5.41, 5.74) is 11.9. The van der Waals surface area contributed by atoms with Crippen LogP contribution in [-0.2, 0) is 13.6 Å². The van der Waals surface area contributed by atoms with E-state index in [1.807, 2.05) is 24.3 Å². The van der Waals surface area contributed by atoms with Crippen LogP contribution in [0.25, 0.3) is 22.2 Å². The van der Waals surface area contributed by atoms with Crippen LogP contribution in [0.2, 0.25) is 0 Å². The number of anilines is 1. The highest BCUT2D eigenvalue weighted by Gasteiger charge is 2.27. The highest BCUT2D eigenvalue weighted by Crippen LogP contribution is 2.35. The predicted molar refractivity (Wildman–Crippen MR) is 149 cm³/mol. The summed E-state index contributed by atoms with van der Waals surface area (Å²) in [6, 6.07) is 18.4. The van der Waals surface area contributed by atoms with Gasteiger partial charge < -0.3 is 15.2 Å². The standard InChI is InChI=1S/C30H33N7O/c1-19-15-22(20-5-7-21(8-6-20)30(38)35(2)3)12-14-37(19)18-23-16-26-24(11-13-33-29(26)36(23)4)25-9-10-28(32)34-27(25)17-31/h5-11,13,16,19,22H,12,14-15,18H2,1-4H3,(H2,32,34)/t19-,22-/m0/s1. The highest BCUT2D eigenvalue weighted by atomic mass is 16.2. The number of rotatable bonds is 5. The van der Waals surface area contributed by atoms with Gasteiger partial charge in [-0.05, 0) is 79.8 Å². The summed E-state index contributed by atoms with van der Waals surface area (Å²) in [6.07, 6.45) is 3.92. The molecule has 1 amide bonds. The van der Waals surface area contributed by atoms with E-state index < -0.39 is 0 Å². The fraction of sp³-hybridized carbons (Fsp3) is 0.333. The molecule has 0 unspecified atom stereocenters. The van der Waals surface area contributed by atoms with Crippen molar-refractivity contribution in [2.75, 3.05) is 26.4 Å². The van der Waals surface area contributed by atoms with Gasteiger partial charge in [0.15, 0.2) is 5.69 Å². The average molecular weight is 508 g/mol. The summed E-state index contributed by atoms with van der Waals surface area (Å²) in [5.74, 6) is 0.844. The number of nitriles is 1. The van der Waals surface area contributed by atoms with Crippen molar-refractivity contribution in [1.82, 2.24) is 24.3 Å². The van der Waals surface area contributed by atoms with E-state index >= 15 is 0 Å². The molecule has 2 N–H and O–H groups in total. The summed E-state index contributed by atoms with van der Waals surface area (Å²) in [7, 11) is 5.60. The molecule has 1 saturated heterocycles. The summed E-state index contributed by atoms with van der Waals surface area (Å²) in [4.78, 5) is 25.2. The molecule has 1 aliphatic heterocycles. The molecule has 8 nitrogen and oxygen atoms in total. The van der Waals surface area contributed by atoms with Crippen LogP contribution in [0.3, 0.4) is 0 Å². The van der Waals surface area contributed by atoms with Gasteiger partial charge in [-0.25, -0.2) is 9.97 Å². The number of carbonyl (C=O) groups is 1. The average Bonchev–Trinajstić information content (AvgIpc) is 3.24. The van der Waals surface area contributed by atoms with Gasteiger partial charge in [0, 0.05) is 62.1 Å². The molecule has 0 bridgehead atoms. The van der Waals surface area contributed by atoms with Crippen LogP contribution in [0.15, 0.2) is 54.7 Å². The second-order valence-corrected chi connectivity index (χ2v) is 10.4. The first kappa shape index (κ1) is 25.4. The Morgan fingerprint density at radius 3 is 2.61 bits per heavy atom. The Morgan fingerprint density at radius 2 is 1.92 bits per heavy atom. The number of hydrogen-bond donors (Lipinski definition) is 1. The predicted octanol–water partition coefficient (Wildman–Crippen LogP) is 4.56. The number of amides is 1. The van der Waals surface area contributed by atoms with Crippen molar-refractivity contribution >= 4 is 22.8 Å². The number of nitrogens with two attached hydrogens (primary N) is 1. The van der Waals surface area contributed by atoms with E-state index in [0.717, 1.165) is 53.7 Å². The minimum Gasteiger partial charge on any atom is -0.384 e. The number of aryl methyl sites for hydroxylation is 1. The van der Waals surface area contributed by atoms with Gasteiger partial charge in [-0.3, -0.25) is 9.69 Å². The number of aromatic nitrogens is 3. The zero-order valence-corrected chi connectivity index (χ0v) is 22.3. The third-order valence-corrected chi connectivity index (χ3v) is 7.76. The lowest BCUT2D eigenvalue weighted by Crippen LogP contribution is -2.39. The van der Waals surface area contributed by atoms with Gasteiger partial charge in [0.25, 0.3) is 5.91 Å². The molecular weight excluding hydrogens is 474 g/mol. The number of piperidine rings is 1. The molecule has 8 heteroatoms. The maximum absolute atomic E-state index is 12.2. The Bertz CT molecular complexity index is 1530. The van der Waals surface area contributed by atoms with Crippen molar-refractivity contribution in [2.45, 2.75) is 38.3 Å². The fourth-order valence-corrected chi connectivity index (χ4v) is 5.56. The van der Waals surface area contributed by atoms with Crippen LogP contribution < -0.4 is 5.73 Å². The van der Waals surface area contributed by atoms with Crippen molar-refractivity contribution in [3.63, 3.8) is 0 Å². The topological polar surface area (TPSA) is 104 Å². The van der Waals surface area contributed by atoms with Crippen LogP contribution in [0, 0.1) is 11.3 Å². The third kappa shape index (κ3) is 4.73. The minimum atomic E-state index is 0.0313. The molecule has 5 rings (SSSR count). The van der Waals surface area contributed by atoms with Crippen molar-refractivity contribution in [1.29, 1.82) is 5.26 Å². The molecular formula is C30H33N7O. The van der Waals surface area contributed by atoms with Crippen LogP contribution in [-0.4, -0.2) is 56.9 Å². The molecule has 38 heavy (non-hydrogen) atoms. The zero-order valence-electron chi connectivity index (χ0n) is 22.3. The molecule has 2 atom stereocenters. The Labute approximate surface area is 223 Å². The quantitative estimate of drug-likeness (QED) is 0.425. The van der Waals surface area contributed by atoms with E-state index in [9.17, 15) is 10.1 Å². The Kier molecular flexibility index (Phi) is 6.87. The van der Waals surface area contributed by atoms with E-state index in [0.29, 0.717) is 23.5 Å². The maximum Gasteiger partial charge on any atom is 0.253 e.